The van der Waals surface area contributed by atoms with Gasteiger partial charge in [-0.15, -0.1) is 0 Å². The predicted molar refractivity (Wildman–Crippen MR) is 61.8 cm³/mol. The number of anilines is 1. The number of aromatic nitrogens is 2. The largest absolute Gasteiger partial charge is 0.396 e. The summed E-state index contributed by atoms with van der Waals surface area (Å²) in [4.78, 5) is 21.1. The molecule has 0 atom stereocenters. The zero-order chi connectivity index (χ0) is 11.5. The van der Waals surface area contributed by atoms with Gasteiger partial charge in [0.1, 0.15) is 0 Å². The lowest BCUT2D eigenvalue weighted by Crippen LogP contribution is -2.26. The molecule has 5 nitrogen and oxygen atoms in total. The smallest absolute Gasteiger partial charge is 0.255 e. The molecule has 2 rings (SSSR count). The summed E-state index contributed by atoms with van der Waals surface area (Å²) >= 11 is 0. The molecule has 0 saturated carbocycles. The number of aryl methyl sites for hydroxylation is 1. The van der Waals surface area contributed by atoms with Crippen LogP contribution in [-0.2, 0) is 6.42 Å². The Balaban J connectivity index is 2.32. The maximum absolute atomic E-state index is 11.8. The number of H-pyrrole nitrogens is 1. The molecule has 88 valence electrons. The molecular weight excluding hydrogens is 206 g/mol. The van der Waals surface area contributed by atoms with Crippen LogP contribution in [0.25, 0.3) is 0 Å². The number of aliphatic hydroxyl groups is 1. The van der Waals surface area contributed by atoms with E-state index in [1.165, 1.54) is 0 Å². The number of nitrogens with one attached hydrogen (secondary N) is 1. The molecule has 2 N–H and O–H groups in total. The van der Waals surface area contributed by atoms with Crippen LogP contribution in [0.4, 0.5) is 5.95 Å². The topological polar surface area (TPSA) is 69.2 Å². The third-order valence-electron chi connectivity index (χ3n) is 2.98. The normalized spacial score (nSPS) is 15.8. The van der Waals surface area contributed by atoms with Gasteiger partial charge in [-0.05, 0) is 19.8 Å². The summed E-state index contributed by atoms with van der Waals surface area (Å²) in [6, 6.07) is 0. The van der Waals surface area contributed by atoms with E-state index in [-0.39, 0.29) is 12.2 Å². The molecule has 2 heterocycles. The first-order valence-corrected chi connectivity index (χ1v) is 5.68. The zero-order valence-corrected chi connectivity index (χ0v) is 9.49. The quantitative estimate of drug-likeness (QED) is 0.768. The molecule has 1 aliphatic heterocycles. The lowest BCUT2D eigenvalue weighted by atomic mass is 10.2. The van der Waals surface area contributed by atoms with Gasteiger partial charge in [-0.3, -0.25) is 9.78 Å². The Morgan fingerprint density at radius 3 is 2.69 bits per heavy atom. The molecule has 0 spiro atoms. The van der Waals surface area contributed by atoms with Crippen LogP contribution in [0.2, 0.25) is 0 Å². The van der Waals surface area contributed by atoms with E-state index in [2.05, 4.69) is 14.9 Å². The number of nitrogens with zero attached hydrogens (tertiary/aromatic N) is 2. The van der Waals surface area contributed by atoms with Crippen molar-refractivity contribution < 1.29 is 5.11 Å². The fourth-order valence-electron chi connectivity index (χ4n) is 2.08. The third kappa shape index (κ3) is 2.09. The number of aliphatic hydroxyl groups excluding tert-OH is 1. The van der Waals surface area contributed by atoms with Crippen molar-refractivity contribution in [1.82, 2.24) is 9.97 Å². The van der Waals surface area contributed by atoms with Gasteiger partial charge in [0, 0.05) is 31.7 Å². The van der Waals surface area contributed by atoms with Crippen molar-refractivity contribution >= 4 is 5.95 Å². The van der Waals surface area contributed by atoms with Gasteiger partial charge in [0.15, 0.2) is 0 Å². The Morgan fingerprint density at radius 1 is 1.44 bits per heavy atom. The number of aromatic amines is 1. The second-order valence-electron chi connectivity index (χ2n) is 4.12. The Kier molecular flexibility index (Phi) is 3.24. The lowest BCUT2D eigenvalue weighted by molar-refractivity contribution is 0.298. The molecule has 1 aromatic rings. The zero-order valence-electron chi connectivity index (χ0n) is 9.49. The molecule has 0 radical (unpaired) electrons. The highest BCUT2D eigenvalue weighted by molar-refractivity contribution is 5.34. The average Bonchev–Trinajstić information content (AvgIpc) is 2.76. The van der Waals surface area contributed by atoms with Gasteiger partial charge in [-0.25, -0.2) is 4.98 Å². The molecule has 1 fully saturated rings. The van der Waals surface area contributed by atoms with Crippen molar-refractivity contribution in [2.45, 2.75) is 26.2 Å². The van der Waals surface area contributed by atoms with Crippen molar-refractivity contribution in [3.8, 4) is 0 Å². The van der Waals surface area contributed by atoms with Crippen LogP contribution in [0.1, 0.15) is 24.1 Å². The van der Waals surface area contributed by atoms with E-state index in [1.54, 1.807) is 0 Å². The summed E-state index contributed by atoms with van der Waals surface area (Å²) in [5.74, 6) is 0.668. The summed E-state index contributed by atoms with van der Waals surface area (Å²) < 4.78 is 0. The predicted octanol–water partition coefficient (Wildman–Crippen LogP) is 0.213. The first kappa shape index (κ1) is 11.1. The molecule has 5 heteroatoms. The van der Waals surface area contributed by atoms with Gasteiger partial charge in [-0.2, -0.15) is 0 Å². The van der Waals surface area contributed by atoms with E-state index in [9.17, 15) is 4.79 Å². The minimum absolute atomic E-state index is 0.0192. The lowest BCUT2D eigenvalue weighted by Gasteiger charge is -2.16. The fourth-order valence-corrected chi connectivity index (χ4v) is 2.08. The summed E-state index contributed by atoms with van der Waals surface area (Å²) in [6.07, 6.45) is 2.68. The fraction of sp³-hybridized carbons (Fsp3) is 0.636. The van der Waals surface area contributed by atoms with E-state index in [0.29, 0.717) is 17.9 Å². The summed E-state index contributed by atoms with van der Waals surface area (Å²) in [7, 11) is 0. The number of hydrogen-bond donors (Lipinski definition) is 2. The molecule has 0 amide bonds. The maximum atomic E-state index is 11.8. The van der Waals surface area contributed by atoms with Crippen LogP contribution in [0.3, 0.4) is 0 Å². The molecular formula is C11H17N3O2. The molecule has 0 unspecified atom stereocenters. The first-order chi connectivity index (χ1) is 7.72. The van der Waals surface area contributed by atoms with Crippen LogP contribution in [0, 0.1) is 6.92 Å². The van der Waals surface area contributed by atoms with Crippen LogP contribution in [-0.4, -0.2) is 34.8 Å². The SMILES string of the molecule is Cc1nc(N2CCCC2)[nH]c(=O)c1CCO. The highest BCUT2D eigenvalue weighted by Gasteiger charge is 2.16. The second kappa shape index (κ2) is 4.65. The summed E-state index contributed by atoms with van der Waals surface area (Å²) in [5.41, 5.74) is 1.19. The molecule has 1 saturated heterocycles. The standard InChI is InChI=1S/C11H17N3O2/c1-8-9(4-7-15)10(16)13-11(12-8)14-5-2-3-6-14/h15H,2-7H2,1H3,(H,12,13,16). The number of hydrogen-bond acceptors (Lipinski definition) is 4. The van der Waals surface area contributed by atoms with Crippen molar-refractivity contribution in [3.05, 3.63) is 21.6 Å². The highest BCUT2D eigenvalue weighted by Crippen LogP contribution is 2.15. The molecule has 0 aromatic carbocycles. The average molecular weight is 223 g/mol. The van der Waals surface area contributed by atoms with Crippen molar-refractivity contribution in [1.29, 1.82) is 0 Å². The third-order valence-corrected chi connectivity index (χ3v) is 2.98. The van der Waals surface area contributed by atoms with Crippen LogP contribution >= 0.6 is 0 Å². The van der Waals surface area contributed by atoms with E-state index in [1.807, 2.05) is 6.92 Å². The summed E-state index contributed by atoms with van der Waals surface area (Å²) in [6.45, 7) is 3.72. The minimum Gasteiger partial charge on any atom is -0.396 e. The second-order valence-corrected chi connectivity index (χ2v) is 4.12. The van der Waals surface area contributed by atoms with Crippen molar-refractivity contribution in [2.24, 2.45) is 0 Å². The van der Waals surface area contributed by atoms with Gasteiger partial charge < -0.3 is 10.0 Å². The molecule has 0 aliphatic carbocycles. The highest BCUT2D eigenvalue weighted by atomic mass is 16.3. The van der Waals surface area contributed by atoms with E-state index in [0.717, 1.165) is 31.6 Å². The molecule has 16 heavy (non-hydrogen) atoms. The maximum Gasteiger partial charge on any atom is 0.255 e. The molecule has 0 bridgehead atoms. The van der Waals surface area contributed by atoms with E-state index < -0.39 is 0 Å². The van der Waals surface area contributed by atoms with E-state index in [4.69, 9.17) is 5.11 Å². The molecule has 1 aliphatic rings. The van der Waals surface area contributed by atoms with E-state index >= 15 is 0 Å². The van der Waals surface area contributed by atoms with Gasteiger partial charge in [0.05, 0.1) is 5.69 Å². The number of rotatable bonds is 3. The monoisotopic (exact) mass is 223 g/mol. The van der Waals surface area contributed by atoms with Crippen LogP contribution in [0.5, 0.6) is 0 Å². The van der Waals surface area contributed by atoms with Crippen molar-refractivity contribution in [2.75, 3.05) is 24.6 Å². The Hall–Kier alpha value is -1.36. The minimum atomic E-state index is -0.122. The van der Waals surface area contributed by atoms with Gasteiger partial charge in [0.25, 0.3) is 5.56 Å². The molecule has 1 aromatic heterocycles. The van der Waals surface area contributed by atoms with Gasteiger partial charge in [-0.1, -0.05) is 0 Å². The van der Waals surface area contributed by atoms with Crippen molar-refractivity contribution in [3.63, 3.8) is 0 Å². The first-order valence-electron chi connectivity index (χ1n) is 5.68. The van der Waals surface area contributed by atoms with Crippen LogP contribution in [0.15, 0.2) is 4.79 Å². The Morgan fingerprint density at radius 2 is 2.12 bits per heavy atom. The van der Waals surface area contributed by atoms with Gasteiger partial charge in [0.2, 0.25) is 5.95 Å². The van der Waals surface area contributed by atoms with Crippen LogP contribution < -0.4 is 10.5 Å². The summed E-state index contributed by atoms with van der Waals surface area (Å²) in [5, 5.41) is 8.86. The Bertz CT molecular complexity index is 422. The Labute approximate surface area is 94.1 Å². The van der Waals surface area contributed by atoms with Gasteiger partial charge >= 0.3 is 0 Å².